The number of nitro benzene ring substituents is 1. The van der Waals surface area contributed by atoms with Gasteiger partial charge in [-0.05, 0) is 25.0 Å². The standard InChI is InChI=1S/C9H11NO3/c1-3-7-5-9(11)6(2)4-8(7)10(12)13/h4-5,11H,3H2,1-2H3. The molecule has 0 heterocycles. The number of aromatic hydroxyl groups is 1. The summed E-state index contributed by atoms with van der Waals surface area (Å²) < 4.78 is 0. The van der Waals surface area contributed by atoms with Crippen LogP contribution in [0.25, 0.3) is 0 Å². The van der Waals surface area contributed by atoms with E-state index in [0.29, 0.717) is 17.5 Å². The highest BCUT2D eigenvalue weighted by atomic mass is 16.6. The van der Waals surface area contributed by atoms with Crippen LogP contribution in [0, 0.1) is 17.0 Å². The molecule has 4 heteroatoms. The lowest BCUT2D eigenvalue weighted by molar-refractivity contribution is -0.385. The smallest absolute Gasteiger partial charge is 0.273 e. The van der Waals surface area contributed by atoms with Gasteiger partial charge in [0.25, 0.3) is 5.69 Å². The summed E-state index contributed by atoms with van der Waals surface area (Å²) in [7, 11) is 0. The van der Waals surface area contributed by atoms with Crippen molar-refractivity contribution >= 4 is 5.69 Å². The molecule has 0 aromatic heterocycles. The van der Waals surface area contributed by atoms with E-state index < -0.39 is 4.92 Å². The highest BCUT2D eigenvalue weighted by Gasteiger charge is 2.14. The minimum absolute atomic E-state index is 0.0813. The van der Waals surface area contributed by atoms with Crippen molar-refractivity contribution in [3.05, 3.63) is 33.4 Å². The van der Waals surface area contributed by atoms with Gasteiger partial charge >= 0.3 is 0 Å². The lowest BCUT2D eigenvalue weighted by Crippen LogP contribution is -1.95. The van der Waals surface area contributed by atoms with Crippen LogP contribution in [0.3, 0.4) is 0 Å². The predicted molar refractivity (Wildman–Crippen MR) is 48.9 cm³/mol. The quantitative estimate of drug-likeness (QED) is 0.561. The van der Waals surface area contributed by atoms with E-state index in [1.807, 2.05) is 6.92 Å². The number of nitro groups is 1. The van der Waals surface area contributed by atoms with Crippen LogP contribution in [0.4, 0.5) is 5.69 Å². The minimum atomic E-state index is -0.425. The van der Waals surface area contributed by atoms with Crippen LogP contribution < -0.4 is 0 Å². The van der Waals surface area contributed by atoms with E-state index in [4.69, 9.17) is 0 Å². The van der Waals surface area contributed by atoms with Crippen LogP contribution in [0.1, 0.15) is 18.1 Å². The second-order valence-electron chi connectivity index (χ2n) is 2.88. The number of phenols is 1. The van der Waals surface area contributed by atoms with Crippen molar-refractivity contribution in [1.29, 1.82) is 0 Å². The van der Waals surface area contributed by atoms with Crippen LogP contribution in [0.2, 0.25) is 0 Å². The highest BCUT2D eigenvalue weighted by molar-refractivity contribution is 5.49. The fourth-order valence-corrected chi connectivity index (χ4v) is 1.18. The van der Waals surface area contributed by atoms with Crippen molar-refractivity contribution in [1.82, 2.24) is 0 Å². The summed E-state index contributed by atoms with van der Waals surface area (Å²) in [6, 6.07) is 2.85. The first-order chi connectivity index (χ1) is 6.06. The van der Waals surface area contributed by atoms with Crippen molar-refractivity contribution in [3.63, 3.8) is 0 Å². The second kappa shape index (κ2) is 3.43. The Balaban J connectivity index is 3.33. The van der Waals surface area contributed by atoms with Crippen LogP contribution >= 0.6 is 0 Å². The number of hydrogen-bond donors (Lipinski definition) is 1. The normalized spacial score (nSPS) is 10.0. The third-order valence-electron chi connectivity index (χ3n) is 1.97. The maximum atomic E-state index is 10.6. The van der Waals surface area contributed by atoms with Crippen molar-refractivity contribution in [2.75, 3.05) is 0 Å². The van der Waals surface area contributed by atoms with Gasteiger partial charge in [-0.3, -0.25) is 10.1 Å². The summed E-state index contributed by atoms with van der Waals surface area (Å²) >= 11 is 0. The zero-order valence-corrected chi connectivity index (χ0v) is 7.57. The van der Waals surface area contributed by atoms with E-state index in [-0.39, 0.29) is 11.4 Å². The molecule has 0 aliphatic carbocycles. The molecule has 1 aromatic carbocycles. The molecule has 0 spiro atoms. The van der Waals surface area contributed by atoms with E-state index in [0.717, 1.165) is 0 Å². The Morgan fingerprint density at radius 3 is 2.62 bits per heavy atom. The van der Waals surface area contributed by atoms with Crippen LogP contribution in [-0.2, 0) is 6.42 Å². The topological polar surface area (TPSA) is 63.4 Å². The van der Waals surface area contributed by atoms with Crippen molar-refractivity contribution in [2.45, 2.75) is 20.3 Å². The third kappa shape index (κ3) is 1.77. The van der Waals surface area contributed by atoms with Crippen LogP contribution in [-0.4, -0.2) is 10.0 Å². The zero-order chi connectivity index (χ0) is 10.0. The molecule has 0 fully saturated rings. The fourth-order valence-electron chi connectivity index (χ4n) is 1.18. The summed E-state index contributed by atoms with van der Waals surface area (Å²) in [5.74, 6) is 0.113. The van der Waals surface area contributed by atoms with Gasteiger partial charge in [0.05, 0.1) is 4.92 Å². The maximum Gasteiger partial charge on any atom is 0.273 e. The Kier molecular flexibility index (Phi) is 2.51. The SMILES string of the molecule is CCc1cc(O)c(C)cc1[N+](=O)[O-]. The molecule has 1 rings (SSSR count). The molecule has 70 valence electrons. The summed E-state index contributed by atoms with van der Waals surface area (Å²) in [5.41, 5.74) is 1.18. The van der Waals surface area contributed by atoms with Gasteiger partial charge < -0.3 is 5.11 Å². The molecule has 0 saturated carbocycles. The predicted octanol–water partition coefficient (Wildman–Crippen LogP) is 2.17. The largest absolute Gasteiger partial charge is 0.508 e. The van der Waals surface area contributed by atoms with E-state index in [1.165, 1.54) is 12.1 Å². The van der Waals surface area contributed by atoms with Crippen LogP contribution in [0.15, 0.2) is 12.1 Å². The minimum Gasteiger partial charge on any atom is -0.508 e. The fraction of sp³-hybridized carbons (Fsp3) is 0.333. The maximum absolute atomic E-state index is 10.6. The van der Waals surface area contributed by atoms with Gasteiger partial charge in [-0.25, -0.2) is 0 Å². The molecule has 0 radical (unpaired) electrons. The van der Waals surface area contributed by atoms with E-state index in [1.54, 1.807) is 6.92 Å². The summed E-state index contributed by atoms with van der Waals surface area (Å²) in [5, 5.41) is 19.9. The van der Waals surface area contributed by atoms with Gasteiger partial charge in [0.2, 0.25) is 0 Å². The molecule has 0 bridgehead atoms. The Morgan fingerprint density at radius 1 is 1.54 bits per heavy atom. The van der Waals surface area contributed by atoms with E-state index >= 15 is 0 Å². The average molecular weight is 181 g/mol. The van der Waals surface area contributed by atoms with Gasteiger partial charge in [0.15, 0.2) is 0 Å². The van der Waals surface area contributed by atoms with Crippen molar-refractivity contribution < 1.29 is 10.0 Å². The van der Waals surface area contributed by atoms with Gasteiger partial charge in [-0.2, -0.15) is 0 Å². The molecule has 0 aliphatic heterocycles. The number of benzene rings is 1. The number of hydrogen-bond acceptors (Lipinski definition) is 3. The first-order valence-corrected chi connectivity index (χ1v) is 4.03. The Morgan fingerprint density at radius 2 is 2.15 bits per heavy atom. The molecule has 4 nitrogen and oxygen atoms in total. The molecule has 0 unspecified atom stereocenters. The second-order valence-corrected chi connectivity index (χ2v) is 2.88. The molecule has 13 heavy (non-hydrogen) atoms. The number of aryl methyl sites for hydroxylation is 2. The van der Waals surface area contributed by atoms with Crippen LogP contribution in [0.5, 0.6) is 5.75 Å². The Bertz CT molecular complexity index is 347. The summed E-state index contributed by atoms with van der Waals surface area (Å²) in [4.78, 5) is 10.1. The number of nitrogens with zero attached hydrogens (tertiary/aromatic N) is 1. The summed E-state index contributed by atoms with van der Waals surface area (Å²) in [6.45, 7) is 3.46. The first kappa shape index (κ1) is 9.51. The van der Waals surface area contributed by atoms with Gasteiger partial charge in [-0.1, -0.05) is 6.92 Å². The molecule has 0 aliphatic rings. The first-order valence-electron chi connectivity index (χ1n) is 4.03. The number of phenolic OH excluding ortho intramolecular Hbond substituents is 1. The Labute approximate surface area is 76.0 Å². The van der Waals surface area contributed by atoms with Gasteiger partial charge in [0, 0.05) is 11.6 Å². The Hall–Kier alpha value is -1.58. The molecular formula is C9H11NO3. The molecule has 0 atom stereocenters. The van der Waals surface area contributed by atoms with Crippen molar-refractivity contribution in [3.8, 4) is 5.75 Å². The van der Waals surface area contributed by atoms with E-state index in [9.17, 15) is 15.2 Å². The third-order valence-corrected chi connectivity index (χ3v) is 1.97. The molecule has 1 N–H and O–H groups in total. The molecule has 1 aromatic rings. The lowest BCUT2D eigenvalue weighted by Gasteiger charge is -2.03. The van der Waals surface area contributed by atoms with Gasteiger partial charge in [-0.15, -0.1) is 0 Å². The monoisotopic (exact) mass is 181 g/mol. The van der Waals surface area contributed by atoms with Gasteiger partial charge in [0.1, 0.15) is 5.75 Å². The average Bonchev–Trinajstić information content (AvgIpc) is 2.08. The molecular weight excluding hydrogens is 170 g/mol. The molecule has 0 amide bonds. The highest BCUT2D eigenvalue weighted by Crippen LogP contribution is 2.27. The molecule has 0 saturated heterocycles. The zero-order valence-electron chi connectivity index (χ0n) is 7.57. The number of rotatable bonds is 2. The van der Waals surface area contributed by atoms with Crippen molar-refractivity contribution in [2.24, 2.45) is 0 Å². The lowest BCUT2D eigenvalue weighted by atomic mass is 10.1. The summed E-state index contributed by atoms with van der Waals surface area (Å²) in [6.07, 6.45) is 0.546. The van der Waals surface area contributed by atoms with E-state index in [2.05, 4.69) is 0 Å².